The lowest BCUT2D eigenvalue weighted by Gasteiger charge is -2.12. The van der Waals surface area contributed by atoms with E-state index in [2.05, 4.69) is 10.0 Å². The molecule has 144 valence electrons. The van der Waals surface area contributed by atoms with Crippen LogP contribution >= 0.6 is 11.3 Å². The molecule has 1 heterocycles. The van der Waals surface area contributed by atoms with Gasteiger partial charge in [0.05, 0.1) is 17.7 Å². The average molecular weight is 415 g/mol. The van der Waals surface area contributed by atoms with E-state index in [4.69, 9.17) is 4.74 Å². The van der Waals surface area contributed by atoms with Crippen LogP contribution in [0.4, 0.5) is 11.4 Å². The number of ether oxygens (including phenoxy) is 1. The molecule has 3 rings (SSSR count). The van der Waals surface area contributed by atoms with Gasteiger partial charge in [-0.25, -0.2) is 8.42 Å². The Bertz CT molecular complexity index is 1090. The summed E-state index contributed by atoms with van der Waals surface area (Å²) in [6.07, 6.45) is 3.10. The molecule has 0 radical (unpaired) electrons. The van der Waals surface area contributed by atoms with Crippen molar-refractivity contribution in [1.82, 2.24) is 0 Å². The predicted molar refractivity (Wildman–Crippen MR) is 112 cm³/mol. The summed E-state index contributed by atoms with van der Waals surface area (Å²) in [6, 6.07) is 16.5. The third-order valence-electron chi connectivity index (χ3n) is 3.71. The Balaban J connectivity index is 1.75. The number of carbonyl (C=O) groups is 1. The van der Waals surface area contributed by atoms with Crippen LogP contribution in [0.2, 0.25) is 0 Å². The first-order valence-corrected chi connectivity index (χ1v) is 10.6. The molecule has 0 aliphatic heterocycles. The first-order chi connectivity index (χ1) is 13.5. The van der Waals surface area contributed by atoms with Gasteiger partial charge >= 0.3 is 0 Å². The van der Waals surface area contributed by atoms with Gasteiger partial charge in [-0.1, -0.05) is 24.3 Å². The van der Waals surface area contributed by atoms with Crippen LogP contribution in [0.15, 0.2) is 77.0 Å². The molecule has 0 unspecified atom stereocenters. The van der Waals surface area contributed by atoms with E-state index >= 15 is 0 Å². The number of nitrogens with one attached hydrogen (secondary N) is 2. The number of sulfonamides is 1. The van der Waals surface area contributed by atoms with Crippen LogP contribution in [0, 0.1) is 0 Å². The molecular weight excluding hydrogens is 396 g/mol. The van der Waals surface area contributed by atoms with Crippen molar-refractivity contribution in [3.63, 3.8) is 0 Å². The number of methoxy groups -OCH3 is 1. The number of carbonyl (C=O) groups excluding carboxylic acids is 1. The Morgan fingerprint density at radius 3 is 2.64 bits per heavy atom. The van der Waals surface area contributed by atoms with Gasteiger partial charge in [-0.05, 0) is 47.9 Å². The molecule has 8 heteroatoms. The molecule has 0 aliphatic rings. The highest BCUT2D eigenvalue weighted by Crippen LogP contribution is 2.26. The number of benzene rings is 2. The Hall–Kier alpha value is -3.10. The number of para-hydroxylation sites is 2. The summed E-state index contributed by atoms with van der Waals surface area (Å²) >= 11 is 1.52. The SMILES string of the molecule is COc1ccccc1NS(=O)(=O)c1cccc(NC(=O)/C=C\c2cccs2)c1. The van der Waals surface area contributed by atoms with Gasteiger partial charge in [0, 0.05) is 16.6 Å². The van der Waals surface area contributed by atoms with Crippen molar-refractivity contribution in [2.24, 2.45) is 0 Å². The quantitative estimate of drug-likeness (QED) is 0.567. The predicted octanol–water partition coefficient (Wildman–Crippen LogP) is 4.21. The van der Waals surface area contributed by atoms with E-state index in [-0.39, 0.29) is 10.8 Å². The fourth-order valence-electron chi connectivity index (χ4n) is 2.40. The van der Waals surface area contributed by atoms with Crippen LogP contribution in [0.25, 0.3) is 6.08 Å². The van der Waals surface area contributed by atoms with Gasteiger partial charge < -0.3 is 10.1 Å². The smallest absolute Gasteiger partial charge is 0.262 e. The number of rotatable bonds is 7. The third-order valence-corrected chi connectivity index (χ3v) is 5.91. The lowest BCUT2D eigenvalue weighted by molar-refractivity contribution is -0.111. The van der Waals surface area contributed by atoms with Crippen LogP contribution in [-0.2, 0) is 14.8 Å². The van der Waals surface area contributed by atoms with Gasteiger partial charge in [0.2, 0.25) is 5.91 Å². The molecule has 2 aromatic carbocycles. The second-order valence-electron chi connectivity index (χ2n) is 5.67. The summed E-state index contributed by atoms with van der Waals surface area (Å²) in [5, 5.41) is 4.58. The highest BCUT2D eigenvalue weighted by Gasteiger charge is 2.17. The fraction of sp³-hybridized carbons (Fsp3) is 0.0500. The normalized spacial score (nSPS) is 11.3. The number of anilines is 2. The van der Waals surface area contributed by atoms with E-state index in [1.807, 2.05) is 17.5 Å². The van der Waals surface area contributed by atoms with E-state index in [1.165, 1.54) is 36.7 Å². The molecule has 3 aromatic rings. The van der Waals surface area contributed by atoms with Crippen molar-refractivity contribution in [2.75, 3.05) is 17.1 Å². The van der Waals surface area contributed by atoms with Crippen LogP contribution in [-0.4, -0.2) is 21.4 Å². The first kappa shape index (κ1) is 19.7. The number of thiophene rings is 1. The number of hydrogen-bond donors (Lipinski definition) is 2. The molecule has 1 aromatic heterocycles. The van der Waals surface area contributed by atoms with Crippen molar-refractivity contribution in [2.45, 2.75) is 4.90 Å². The van der Waals surface area contributed by atoms with E-state index in [9.17, 15) is 13.2 Å². The zero-order valence-corrected chi connectivity index (χ0v) is 16.6. The first-order valence-electron chi connectivity index (χ1n) is 8.26. The fourth-order valence-corrected chi connectivity index (χ4v) is 4.14. The van der Waals surface area contributed by atoms with Crippen molar-refractivity contribution in [1.29, 1.82) is 0 Å². The zero-order chi connectivity index (χ0) is 20.0. The summed E-state index contributed by atoms with van der Waals surface area (Å²) in [7, 11) is -2.38. The molecule has 0 spiro atoms. The molecule has 28 heavy (non-hydrogen) atoms. The Kier molecular flexibility index (Phi) is 6.13. The van der Waals surface area contributed by atoms with Crippen LogP contribution < -0.4 is 14.8 Å². The molecule has 0 atom stereocenters. The molecule has 1 amide bonds. The van der Waals surface area contributed by atoms with Crippen molar-refractivity contribution in [3.05, 3.63) is 77.0 Å². The Morgan fingerprint density at radius 2 is 1.89 bits per heavy atom. The third kappa shape index (κ3) is 4.99. The summed E-state index contributed by atoms with van der Waals surface area (Å²) in [6.45, 7) is 0. The second kappa shape index (κ2) is 8.73. The van der Waals surface area contributed by atoms with E-state index in [0.717, 1.165) is 4.88 Å². The lowest BCUT2D eigenvalue weighted by atomic mass is 10.3. The molecule has 0 fully saturated rings. The van der Waals surface area contributed by atoms with Gasteiger partial charge in [0.15, 0.2) is 0 Å². The highest BCUT2D eigenvalue weighted by atomic mass is 32.2. The van der Waals surface area contributed by atoms with Crippen molar-refractivity contribution >= 4 is 44.7 Å². The largest absolute Gasteiger partial charge is 0.495 e. The maximum absolute atomic E-state index is 12.7. The zero-order valence-electron chi connectivity index (χ0n) is 15.0. The molecule has 2 N–H and O–H groups in total. The summed E-state index contributed by atoms with van der Waals surface area (Å²) < 4.78 is 33.1. The summed E-state index contributed by atoms with van der Waals surface area (Å²) in [5.41, 5.74) is 0.710. The maximum Gasteiger partial charge on any atom is 0.262 e. The van der Waals surface area contributed by atoms with Gasteiger partial charge in [-0.3, -0.25) is 9.52 Å². The van der Waals surface area contributed by atoms with E-state index in [0.29, 0.717) is 17.1 Å². The lowest BCUT2D eigenvalue weighted by Crippen LogP contribution is -2.14. The van der Waals surface area contributed by atoms with Crippen molar-refractivity contribution < 1.29 is 17.9 Å². The molecule has 0 bridgehead atoms. The molecule has 0 aliphatic carbocycles. The van der Waals surface area contributed by atoms with E-state index in [1.54, 1.807) is 42.5 Å². The van der Waals surface area contributed by atoms with Gasteiger partial charge in [-0.15, -0.1) is 11.3 Å². The van der Waals surface area contributed by atoms with Crippen LogP contribution in [0.5, 0.6) is 5.75 Å². The molecular formula is C20H18N2O4S2. The number of hydrogen-bond acceptors (Lipinski definition) is 5. The van der Waals surface area contributed by atoms with Crippen LogP contribution in [0.1, 0.15) is 4.88 Å². The summed E-state index contributed by atoms with van der Waals surface area (Å²) in [5.74, 6) is 0.0647. The topological polar surface area (TPSA) is 84.5 Å². The van der Waals surface area contributed by atoms with Crippen LogP contribution in [0.3, 0.4) is 0 Å². The molecule has 0 saturated carbocycles. The summed E-state index contributed by atoms with van der Waals surface area (Å²) in [4.78, 5) is 13.0. The second-order valence-corrected chi connectivity index (χ2v) is 8.33. The Morgan fingerprint density at radius 1 is 1.07 bits per heavy atom. The van der Waals surface area contributed by atoms with Gasteiger partial charge in [-0.2, -0.15) is 0 Å². The number of amides is 1. The highest BCUT2D eigenvalue weighted by molar-refractivity contribution is 7.92. The maximum atomic E-state index is 12.7. The molecule has 6 nitrogen and oxygen atoms in total. The minimum Gasteiger partial charge on any atom is -0.495 e. The minimum absolute atomic E-state index is 0.0263. The molecule has 0 saturated heterocycles. The van der Waals surface area contributed by atoms with Gasteiger partial charge in [0.1, 0.15) is 5.75 Å². The average Bonchev–Trinajstić information content (AvgIpc) is 3.20. The Labute approximate surface area is 167 Å². The van der Waals surface area contributed by atoms with E-state index < -0.39 is 10.0 Å². The standard InChI is InChI=1S/C20H18N2O4S2/c1-26-19-10-3-2-9-18(19)22-28(24,25)17-8-4-6-15(14-17)21-20(23)12-11-16-7-5-13-27-16/h2-14,22H,1H3,(H,21,23)/b12-11-. The van der Waals surface area contributed by atoms with Crippen molar-refractivity contribution in [3.8, 4) is 5.75 Å². The monoisotopic (exact) mass is 414 g/mol. The van der Waals surface area contributed by atoms with Gasteiger partial charge in [0.25, 0.3) is 10.0 Å². The minimum atomic E-state index is -3.85.